The predicted octanol–water partition coefficient (Wildman–Crippen LogP) is 6.33. The van der Waals surface area contributed by atoms with Crippen LogP contribution in [-0.4, -0.2) is 15.5 Å². The highest BCUT2D eigenvalue weighted by atomic mass is 16.2. The van der Waals surface area contributed by atoms with Crippen molar-refractivity contribution in [3.8, 4) is 22.6 Å². The van der Waals surface area contributed by atoms with Gasteiger partial charge in [-0.25, -0.2) is 4.98 Å². The first-order valence-electron chi connectivity index (χ1n) is 11.1. The number of benzene rings is 3. The summed E-state index contributed by atoms with van der Waals surface area (Å²) in [6.45, 7) is 4.19. The average Bonchev–Trinajstić information content (AvgIpc) is 3.17. The number of carbonyl (C=O) groups is 1. The van der Waals surface area contributed by atoms with Crippen molar-refractivity contribution < 1.29 is 4.79 Å². The maximum atomic E-state index is 13.7. The fourth-order valence-corrected chi connectivity index (χ4v) is 4.12. The Morgan fingerprint density at radius 3 is 2.25 bits per heavy atom. The van der Waals surface area contributed by atoms with E-state index in [1.807, 2.05) is 72.3 Å². The minimum absolute atomic E-state index is 0.0471. The van der Waals surface area contributed by atoms with Crippen LogP contribution in [0.25, 0.3) is 22.6 Å². The van der Waals surface area contributed by atoms with Crippen molar-refractivity contribution in [2.45, 2.75) is 32.7 Å². The number of rotatable bonds is 7. The van der Waals surface area contributed by atoms with Gasteiger partial charge in [-0.15, -0.1) is 0 Å². The Labute approximate surface area is 190 Å². The molecule has 3 aromatic carbocycles. The van der Waals surface area contributed by atoms with Crippen LogP contribution in [0.2, 0.25) is 0 Å². The largest absolute Gasteiger partial charge is 0.344 e. The SMILES string of the molecule is CCCC(NC(=O)c1c(-c2cccc(C)c2)nc(-c2ccccc2)n1C)c1ccccc1. The van der Waals surface area contributed by atoms with Crippen molar-refractivity contribution >= 4 is 5.91 Å². The van der Waals surface area contributed by atoms with Crippen molar-refractivity contribution in [3.05, 3.63) is 102 Å². The smallest absolute Gasteiger partial charge is 0.270 e. The molecule has 1 atom stereocenters. The Morgan fingerprint density at radius 1 is 0.938 bits per heavy atom. The minimum Gasteiger partial charge on any atom is -0.344 e. The zero-order valence-electron chi connectivity index (χ0n) is 18.9. The fourth-order valence-electron chi connectivity index (χ4n) is 4.12. The summed E-state index contributed by atoms with van der Waals surface area (Å²) in [5, 5.41) is 3.28. The van der Waals surface area contributed by atoms with Crippen LogP contribution in [-0.2, 0) is 7.05 Å². The Hall–Kier alpha value is -3.66. The van der Waals surface area contributed by atoms with Crippen molar-refractivity contribution in [1.82, 2.24) is 14.9 Å². The molecule has 1 unspecified atom stereocenters. The van der Waals surface area contributed by atoms with Crippen LogP contribution < -0.4 is 5.32 Å². The van der Waals surface area contributed by atoms with E-state index in [-0.39, 0.29) is 11.9 Å². The summed E-state index contributed by atoms with van der Waals surface area (Å²) in [6, 6.07) is 28.3. The van der Waals surface area contributed by atoms with E-state index in [0.29, 0.717) is 11.4 Å². The quantitative estimate of drug-likeness (QED) is 0.377. The van der Waals surface area contributed by atoms with E-state index in [4.69, 9.17) is 4.98 Å². The van der Waals surface area contributed by atoms with Gasteiger partial charge in [0.25, 0.3) is 5.91 Å². The maximum absolute atomic E-state index is 13.7. The second-order valence-electron chi connectivity index (χ2n) is 8.15. The van der Waals surface area contributed by atoms with Gasteiger partial charge in [0.2, 0.25) is 0 Å². The number of imidazole rings is 1. The van der Waals surface area contributed by atoms with Crippen LogP contribution in [0.3, 0.4) is 0 Å². The van der Waals surface area contributed by atoms with Gasteiger partial charge in [-0.1, -0.05) is 97.8 Å². The summed E-state index contributed by atoms with van der Waals surface area (Å²) in [7, 11) is 1.92. The zero-order chi connectivity index (χ0) is 22.5. The summed E-state index contributed by atoms with van der Waals surface area (Å²) in [5.74, 6) is 0.667. The lowest BCUT2D eigenvalue weighted by atomic mass is 10.0. The van der Waals surface area contributed by atoms with Crippen molar-refractivity contribution in [2.24, 2.45) is 7.05 Å². The van der Waals surface area contributed by atoms with Gasteiger partial charge in [0.05, 0.1) is 6.04 Å². The van der Waals surface area contributed by atoms with Gasteiger partial charge in [-0.3, -0.25) is 4.79 Å². The summed E-state index contributed by atoms with van der Waals surface area (Å²) < 4.78 is 1.91. The minimum atomic E-state index is -0.110. The lowest BCUT2D eigenvalue weighted by Crippen LogP contribution is -2.30. The van der Waals surface area contributed by atoms with Gasteiger partial charge >= 0.3 is 0 Å². The molecule has 0 saturated carbocycles. The molecule has 0 saturated heterocycles. The standard InChI is InChI=1S/C28H29N3O/c1-4-12-24(21-14-7-5-8-15-21)29-28(32)26-25(23-18-11-13-20(2)19-23)30-27(31(26)3)22-16-9-6-10-17-22/h5-11,13-19,24H,4,12H2,1-3H3,(H,29,32). The number of hydrogen-bond acceptors (Lipinski definition) is 2. The average molecular weight is 424 g/mol. The van der Waals surface area contributed by atoms with E-state index >= 15 is 0 Å². The molecular formula is C28H29N3O. The Balaban J connectivity index is 1.79. The molecule has 0 spiro atoms. The number of nitrogens with one attached hydrogen (secondary N) is 1. The molecule has 0 fully saturated rings. The van der Waals surface area contributed by atoms with Crippen molar-refractivity contribution in [3.63, 3.8) is 0 Å². The van der Waals surface area contributed by atoms with E-state index in [1.165, 1.54) is 0 Å². The lowest BCUT2D eigenvalue weighted by molar-refractivity contribution is 0.0927. The molecule has 1 heterocycles. The fraction of sp³-hybridized carbons (Fsp3) is 0.214. The zero-order valence-corrected chi connectivity index (χ0v) is 18.9. The number of carbonyl (C=O) groups excluding carboxylic acids is 1. The molecule has 4 heteroatoms. The second-order valence-corrected chi connectivity index (χ2v) is 8.15. The molecule has 32 heavy (non-hydrogen) atoms. The van der Waals surface area contributed by atoms with Crippen molar-refractivity contribution in [1.29, 1.82) is 0 Å². The first kappa shape index (κ1) is 21.6. The second kappa shape index (κ2) is 9.65. The first-order valence-corrected chi connectivity index (χ1v) is 11.1. The molecule has 0 aliphatic carbocycles. The van der Waals surface area contributed by atoms with Crippen molar-refractivity contribution in [2.75, 3.05) is 0 Å². The molecule has 0 aliphatic heterocycles. The number of hydrogen-bond donors (Lipinski definition) is 1. The van der Waals surface area contributed by atoms with Crippen LogP contribution in [0.5, 0.6) is 0 Å². The Morgan fingerprint density at radius 2 is 1.59 bits per heavy atom. The maximum Gasteiger partial charge on any atom is 0.270 e. The lowest BCUT2D eigenvalue weighted by Gasteiger charge is -2.19. The van der Waals surface area contributed by atoms with Crippen LogP contribution in [0.4, 0.5) is 0 Å². The molecule has 0 aliphatic rings. The molecule has 162 valence electrons. The summed E-state index contributed by atoms with van der Waals surface area (Å²) in [5.41, 5.74) is 5.46. The number of nitrogens with zero attached hydrogens (tertiary/aromatic N) is 2. The van der Waals surface area contributed by atoms with Gasteiger partial charge in [-0.05, 0) is 25.0 Å². The molecule has 4 aromatic rings. The van der Waals surface area contributed by atoms with Crippen LogP contribution >= 0.6 is 0 Å². The topological polar surface area (TPSA) is 46.9 Å². The number of amides is 1. The summed E-state index contributed by atoms with van der Waals surface area (Å²) in [4.78, 5) is 18.6. The highest BCUT2D eigenvalue weighted by Crippen LogP contribution is 2.30. The third-order valence-corrected chi connectivity index (χ3v) is 5.72. The number of aryl methyl sites for hydroxylation is 1. The van der Waals surface area contributed by atoms with Crippen LogP contribution in [0, 0.1) is 6.92 Å². The Kier molecular flexibility index (Phi) is 6.50. The third-order valence-electron chi connectivity index (χ3n) is 5.72. The molecule has 1 aromatic heterocycles. The molecule has 0 bridgehead atoms. The monoisotopic (exact) mass is 423 g/mol. The number of aromatic nitrogens is 2. The van der Waals surface area contributed by atoms with Gasteiger partial charge in [0, 0.05) is 18.2 Å². The third kappa shape index (κ3) is 4.50. The first-order chi connectivity index (χ1) is 15.6. The van der Waals surface area contributed by atoms with Crippen LogP contribution in [0.1, 0.15) is 47.4 Å². The Bertz CT molecular complexity index is 1200. The van der Waals surface area contributed by atoms with E-state index in [0.717, 1.165) is 40.9 Å². The molecule has 1 N–H and O–H groups in total. The van der Waals surface area contributed by atoms with Gasteiger partial charge in [0.1, 0.15) is 17.2 Å². The van der Waals surface area contributed by atoms with E-state index in [9.17, 15) is 4.79 Å². The molecule has 0 radical (unpaired) electrons. The summed E-state index contributed by atoms with van der Waals surface area (Å²) in [6.07, 6.45) is 1.85. The normalized spacial score (nSPS) is 11.8. The molecular weight excluding hydrogens is 394 g/mol. The molecule has 4 nitrogen and oxygen atoms in total. The van der Waals surface area contributed by atoms with Gasteiger partial charge in [0.15, 0.2) is 0 Å². The predicted molar refractivity (Wildman–Crippen MR) is 130 cm³/mol. The van der Waals surface area contributed by atoms with Gasteiger partial charge in [-0.2, -0.15) is 0 Å². The van der Waals surface area contributed by atoms with Crippen LogP contribution in [0.15, 0.2) is 84.9 Å². The van der Waals surface area contributed by atoms with E-state index in [2.05, 4.69) is 43.4 Å². The van der Waals surface area contributed by atoms with E-state index < -0.39 is 0 Å². The summed E-state index contributed by atoms with van der Waals surface area (Å²) >= 11 is 0. The molecule has 1 amide bonds. The van der Waals surface area contributed by atoms with E-state index in [1.54, 1.807) is 0 Å². The highest BCUT2D eigenvalue weighted by molar-refractivity contribution is 5.99. The highest BCUT2D eigenvalue weighted by Gasteiger charge is 2.25. The molecule has 4 rings (SSSR count). The van der Waals surface area contributed by atoms with Gasteiger partial charge < -0.3 is 9.88 Å².